The van der Waals surface area contributed by atoms with Crippen molar-refractivity contribution in [3.8, 4) is 0 Å². The van der Waals surface area contributed by atoms with Crippen molar-refractivity contribution >= 4 is 21.6 Å². The molecule has 1 unspecified atom stereocenters. The van der Waals surface area contributed by atoms with Crippen molar-refractivity contribution in [2.75, 3.05) is 5.32 Å². The van der Waals surface area contributed by atoms with Crippen molar-refractivity contribution < 1.29 is 4.39 Å². The molecule has 2 aromatic rings. The van der Waals surface area contributed by atoms with E-state index in [1.54, 1.807) is 6.07 Å². The van der Waals surface area contributed by atoms with Crippen molar-refractivity contribution in [3.63, 3.8) is 0 Å². The third kappa shape index (κ3) is 2.73. The Bertz CT molecular complexity index is 639. The zero-order chi connectivity index (χ0) is 14.1. The third-order valence-electron chi connectivity index (χ3n) is 3.97. The number of hydrogen-bond acceptors (Lipinski definition) is 1. The molecule has 3 rings (SSSR count). The van der Waals surface area contributed by atoms with Crippen LogP contribution in [-0.4, -0.2) is 6.04 Å². The second kappa shape index (κ2) is 5.57. The molecule has 0 aliphatic heterocycles. The molecule has 1 N–H and O–H groups in total. The molecule has 2 aromatic carbocycles. The highest BCUT2D eigenvalue weighted by molar-refractivity contribution is 9.10. The maximum Gasteiger partial charge on any atom is 0.137 e. The summed E-state index contributed by atoms with van der Waals surface area (Å²) in [5.74, 6) is -0.206. The first kappa shape index (κ1) is 13.6. The molecule has 0 bridgehead atoms. The van der Waals surface area contributed by atoms with Gasteiger partial charge in [-0.2, -0.15) is 0 Å². The Kier molecular flexibility index (Phi) is 3.79. The Morgan fingerprint density at radius 3 is 2.75 bits per heavy atom. The van der Waals surface area contributed by atoms with Gasteiger partial charge in [0.1, 0.15) is 5.82 Å². The van der Waals surface area contributed by atoms with E-state index in [4.69, 9.17) is 0 Å². The molecule has 0 fully saturated rings. The zero-order valence-corrected chi connectivity index (χ0v) is 13.0. The van der Waals surface area contributed by atoms with E-state index in [0.717, 1.165) is 30.5 Å². The molecule has 0 saturated carbocycles. The Hall–Kier alpha value is -1.35. The van der Waals surface area contributed by atoms with Gasteiger partial charge in [-0.1, -0.05) is 24.3 Å². The Balaban J connectivity index is 1.78. The predicted molar refractivity (Wildman–Crippen MR) is 84.7 cm³/mol. The molecule has 0 radical (unpaired) electrons. The number of halogens is 2. The van der Waals surface area contributed by atoms with Crippen molar-refractivity contribution in [2.24, 2.45) is 0 Å². The lowest BCUT2D eigenvalue weighted by Gasteiger charge is -2.27. The van der Waals surface area contributed by atoms with Crippen LogP contribution >= 0.6 is 15.9 Å². The molecule has 0 heterocycles. The number of fused-ring (bicyclic) bond motifs is 1. The molecule has 0 aromatic heterocycles. The highest BCUT2D eigenvalue weighted by Crippen LogP contribution is 2.28. The van der Waals surface area contributed by atoms with Crippen molar-refractivity contribution in [2.45, 2.75) is 32.2 Å². The van der Waals surface area contributed by atoms with E-state index in [-0.39, 0.29) is 5.82 Å². The summed E-state index contributed by atoms with van der Waals surface area (Å²) in [6, 6.07) is 12.5. The lowest BCUT2D eigenvalue weighted by molar-refractivity contribution is 0.606. The normalized spacial score (nSPS) is 17.6. The molecule has 1 aliphatic rings. The van der Waals surface area contributed by atoms with Gasteiger partial charge < -0.3 is 5.32 Å². The van der Waals surface area contributed by atoms with Crippen LogP contribution in [0.15, 0.2) is 40.9 Å². The second-order valence-electron chi connectivity index (χ2n) is 5.43. The Morgan fingerprint density at radius 2 is 1.95 bits per heavy atom. The maximum absolute atomic E-state index is 13.5. The van der Waals surface area contributed by atoms with E-state index in [0.29, 0.717) is 10.5 Å². The molecule has 0 spiro atoms. The van der Waals surface area contributed by atoms with Crippen LogP contribution < -0.4 is 5.32 Å². The summed E-state index contributed by atoms with van der Waals surface area (Å²) in [5, 5.41) is 3.56. The summed E-state index contributed by atoms with van der Waals surface area (Å²) in [7, 11) is 0. The average Bonchev–Trinajstić information content (AvgIpc) is 2.44. The summed E-state index contributed by atoms with van der Waals surface area (Å²) < 4.78 is 14.0. The molecular formula is C17H17BrFN. The van der Waals surface area contributed by atoms with Gasteiger partial charge in [0.15, 0.2) is 0 Å². The standard InChI is InChI=1S/C17H17BrFN/c1-11-8-16(19)15(18)10-17(11)20-14-7-6-12-4-2-3-5-13(12)9-14/h2-5,8,10,14,20H,6-7,9H2,1H3. The van der Waals surface area contributed by atoms with E-state index in [1.807, 2.05) is 13.0 Å². The summed E-state index contributed by atoms with van der Waals surface area (Å²) in [6.07, 6.45) is 3.26. The predicted octanol–water partition coefficient (Wildman–Crippen LogP) is 4.87. The Morgan fingerprint density at radius 1 is 1.20 bits per heavy atom. The van der Waals surface area contributed by atoms with Crippen molar-refractivity contribution in [1.82, 2.24) is 0 Å². The number of anilines is 1. The monoisotopic (exact) mass is 333 g/mol. The molecule has 1 atom stereocenters. The molecule has 20 heavy (non-hydrogen) atoms. The molecule has 1 nitrogen and oxygen atoms in total. The minimum atomic E-state index is -0.206. The van der Waals surface area contributed by atoms with Crippen LogP contribution in [0.3, 0.4) is 0 Å². The number of aryl methyl sites for hydroxylation is 2. The number of hydrogen-bond donors (Lipinski definition) is 1. The molecule has 0 amide bonds. The van der Waals surface area contributed by atoms with E-state index in [1.165, 1.54) is 11.1 Å². The highest BCUT2D eigenvalue weighted by Gasteiger charge is 2.18. The SMILES string of the molecule is Cc1cc(F)c(Br)cc1NC1CCc2ccccc2C1. The van der Waals surface area contributed by atoms with Gasteiger partial charge >= 0.3 is 0 Å². The van der Waals surface area contributed by atoms with Crippen LogP contribution in [0.4, 0.5) is 10.1 Å². The van der Waals surface area contributed by atoms with Gasteiger partial charge in [0.2, 0.25) is 0 Å². The fourth-order valence-electron chi connectivity index (χ4n) is 2.84. The van der Waals surface area contributed by atoms with E-state index in [2.05, 4.69) is 45.5 Å². The molecule has 0 saturated heterocycles. The smallest absolute Gasteiger partial charge is 0.137 e. The minimum absolute atomic E-state index is 0.206. The van der Waals surface area contributed by atoms with E-state index < -0.39 is 0 Å². The van der Waals surface area contributed by atoms with Gasteiger partial charge in [-0.05, 0) is 70.9 Å². The lowest BCUT2D eigenvalue weighted by atomic mass is 9.88. The zero-order valence-electron chi connectivity index (χ0n) is 11.4. The van der Waals surface area contributed by atoms with Crippen molar-refractivity contribution in [1.29, 1.82) is 0 Å². The van der Waals surface area contributed by atoms with Crippen LogP contribution in [-0.2, 0) is 12.8 Å². The quantitative estimate of drug-likeness (QED) is 0.826. The van der Waals surface area contributed by atoms with Crippen LogP contribution in [0.25, 0.3) is 0 Å². The first-order valence-corrected chi connectivity index (χ1v) is 7.72. The molecular weight excluding hydrogens is 317 g/mol. The summed E-state index contributed by atoms with van der Waals surface area (Å²) in [5.41, 5.74) is 4.85. The maximum atomic E-state index is 13.5. The lowest BCUT2D eigenvalue weighted by Crippen LogP contribution is -2.27. The fourth-order valence-corrected chi connectivity index (χ4v) is 3.19. The summed E-state index contributed by atoms with van der Waals surface area (Å²) in [6.45, 7) is 1.94. The van der Waals surface area contributed by atoms with Crippen LogP contribution in [0, 0.1) is 12.7 Å². The van der Waals surface area contributed by atoms with E-state index in [9.17, 15) is 4.39 Å². The van der Waals surface area contributed by atoms with Gasteiger partial charge in [-0.25, -0.2) is 4.39 Å². The van der Waals surface area contributed by atoms with Crippen molar-refractivity contribution in [3.05, 3.63) is 63.4 Å². The second-order valence-corrected chi connectivity index (χ2v) is 6.29. The van der Waals surface area contributed by atoms with Gasteiger partial charge in [0.05, 0.1) is 4.47 Å². The average molecular weight is 334 g/mol. The third-order valence-corrected chi connectivity index (χ3v) is 4.58. The number of benzene rings is 2. The summed E-state index contributed by atoms with van der Waals surface area (Å²) in [4.78, 5) is 0. The van der Waals surface area contributed by atoms with Gasteiger partial charge in [0.25, 0.3) is 0 Å². The minimum Gasteiger partial charge on any atom is -0.382 e. The highest BCUT2D eigenvalue weighted by atomic mass is 79.9. The van der Waals surface area contributed by atoms with E-state index >= 15 is 0 Å². The first-order chi connectivity index (χ1) is 9.63. The number of nitrogens with one attached hydrogen (secondary N) is 1. The topological polar surface area (TPSA) is 12.0 Å². The largest absolute Gasteiger partial charge is 0.382 e. The molecule has 1 aliphatic carbocycles. The van der Waals surface area contributed by atoms with Gasteiger partial charge in [-0.3, -0.25) is 0 Å². The van der Waals surface area contributed by atoms with Gasteiger partial charge in [0, 0.05) is 11.7 Å². The van der Waals surface area contributed by atoms with Crippen LogP contribution in [0.1, 0.15) is 23.1 Å². The Labute approximate surface area is 127 Å². The fraction of sp³-hybridized carbons (Fsp3) is 0.294. The van der Waals surface area contributed by atoms with Gasteiger partial charge in [-0.15, -0.1) is 0 Å². The number of rotatable bonds is 2. The first-order valence-electron chi connectivity index (χ1n) is 6.92. The summed E-state index contributed by atoms with van der Waals surface area (Å²) >= 11 is 3.26. The van der Waals surface area contributed by atoms with Crippen LogP contribution in [0.5, 0.6) is 0 Å². The molecule has 104 valence electrons. The molecule has 3 heteroatoms. The van der Waals surface area contributed by atoms with Crippen LogP contribution in [0.2, 0.25) is 0 Å².